The predicted octanol–water partition coefficient (Wildman–Crippen LogP) is 3.75. The normalized spacial score (nSPS) is 13.4. The largest absolute Gasteiger partial charge is 0.478 e. The van der Waals surface area contributed by atoms with Crippen LogP contribution in [0, 0.1) is 0 Å². The molecule has 1 amide bonds. The molecule has 0 radical (unpaired) electrons. The van der Waals surface area contributed by atoms with Crippen molar-refractivity contribution in [1.29, 1.82) is 0 Å². The molecule has 0 bridgehead atoms. The van der Waals surface area contributed by atoms with Crippen LogP contribution in [0.1, 0.15) is 39.4 Å². The average Bonchev–Trinajstić information content (AvgIpc) is 2.56. The molecule has 2 aromatic rings. The maximum atomic E-state index is 11.8. The maximum absolute atomic E-state index is 11.8. The third-order valence-electron chi connectivity index (χ3n) is 3.30. The molecule has 0 saturated carbocycles. The van der Waals surface area contributed by atoms with Gasteiger partial charge in [-0.15, -0.1) is 5.10 Å². The van der Waals surface area contributed by atoms with Crippen LogP contribution in [0.5, 0.6) is 0 Å². The van der Waals surface area contributed by atoms with Crippen molar-refractivity contribution in [3.8, 4) is 0 Å². The van der Waals surface area contributed by atoms with Gasteiger partial charge in [0.15, 0.2) is 6.10 Å². The van der Waals surface area contributed by atoms with Gasteiger partial charge in [0.05, 0.1) is 6.61 Å². The summed E-state index contributed by atoms with van der Waals surface area (Å²) in [5.41, 5.74) is 2.27. The van der Waals surface area contributed by atoms with Crippen LogP contribution in [-0.4, -0.2) is 29.3 Å². The van der Waals surface area contributed by atoms with E-state index in [4.69, 9.17) is 9.47 Å². The van der Waals surface area contributed by atoms with Crippen LogP contribution in [0.3, 0.4) is 0 Å². The van der Waals surface area contributed by atoms with Crippen molar-refractivity contribution in [2.24, 2.45) is 5.10 Å². The van der Waals surface area contributed by atoms with E-state index in [1.165, 1.54) is 0 Å². The van der Waals surface area contributed by atoms with Crippen molar-refractivity contribution in [3.05, 3.63) is 48.0 Å². The molecule has 6 heteroatoms. The van der Waals surface area contributed by atoms with Gasteiger partial charge in [-0.1, -0.05) is 42.5 Å². The molecule has 2 rings (SSSR count). The highest BCUT2D eigenvalue weighted by Crippen LogP contribution is 2.25. The number of hydrogen-bond acceptors (Lipinski definition) is 5. The summed E-state index contributed by atoms with van der Waals surface area (Å²) in [5, 5.41) is 16.5. The molecule has 2 aromatic carbocycles. The summed E-state index contributed by atoms with van der Waals surface area (Å²) in [6, 6.07) is 13.3. The number of rotatable bonds is 4. The summed E-state index contributed by atoms with van der Waals surface area (Å²) >= 11 is 0. The highest BCUT2D eigenvalue weighted by Gasteiger charge is 2.21. The van der Waals surface area contributed by atoms with Gasteiger partial charge in [0.25, 0.3) is 0 Å². The molecular weight excluding hydrogens is 320 g/mol. The van der Waals surface area contributed by atoms with E-state index < -0.39 is 17.8 Å². The molecule has 0 aliphatic carbocycles. The van der Waals surface area contributed by atoms with Crippen LogP contribution in [0.2, 0.25) is 0 Å². The van der Waals surface area contributed by atoms with Crippen LogP contribution >= 0.6 is 0 Å². The van der Waals surface area contributed by atoms with Gasteiger partial charge in [0.1, 0.15) is 5.60 Å². The molecule has 0 aliphatic rings. The first-order valence-corrected chi connectivity index (χ1v) is 8.17. The second kappa shape index (κ2) is 7.98. The Bertz CT molecular complexity index is 760. The van der Waals surface area contributed by atoms with Gasteiger partial charge in [0, 0.05) is 0 Å². The second-order valence-corrected chi connectivity index (χ2v) is 6.47. The second-order valence-electron chi connectivity index (χ2n) is 6.47. The molecule has 0 saturated heterocycles. The first-order valence-electron chi connectivity index (χ1n) is 8.17. The number of hydrogen-bond donors (Lipinski definition) is 2. The summed E-state index contributed by atoms with van der Waals surface area (Å²) < 4.78 is 10.5. The summed E-state index contributed by atoms with van der Waals surface area (Å²) in [4.78, 5) is 11.8. The maximum Gasteiger partial charge on any atom is 0.428 e. The molecule has 0 spiro atoms. The van der Waals surface area contributed by atoms with Crippen molar-refractivity contribution in [2.45, 2.75) is 39.4 Å². The molecule has 1 atom stereocenters. The standard InChI is InChI=1S/C19H24N2O4/c1-5-24-17(20-21-18(23)25-19(2,3)4)16(22)15-12-8-10-13-9-6-7-11-14(13)15/h6-12,16,22H,5H2,1-4H3,(H,21,23)/b20-17+. The molecule has 0 aliphatic heterocycles. The lowest BCUT2D eigenvalue weighted by Gasteiger charge is -2.19. The lowest BCUT2D eigenvalue weighted by molar-refractivity contribution is 0.0525. The van der Waals surface area contributed by atoms with Crippen LogP contribution in [0.4, 0.5) is 4.79 Å². The number of carbonyl (C=O) groups is 1. The first-order chi connectivity index (χ1) is 11.8. The molecule has 134 valence electrons. The number of amides is 1. The number of hydrazone groups is 1. The number of nitrogens with zero attached hydrogens (tertiary/aromatic N) is 1. The Morgan fingerprint density at radius 2 is 1.88 bits per heavy atom. The monoisotopic (exact) mass is 344 g/mol. The van der Waals surface area contributed by atoms with Gasteiger partial charge in [-0.05, 0) is 44.0 Å². The zero-order chi connectivity index (χ0) is 18.4. The number of benzene rings is 2. The Kier molecular flexibility index (Phi) is 5.98. The van der Waals surface area contributed by atoms with Crippen molar-refractivity contribution >= 4 is 22.8 Å². The Hall–Kier alpha value is -2.60. The van der Waals surface area contributed by atoms with Gasteiger partial charge in [0.2, 0.25) is 5.90 Å². The number of ether oxygens (including phenoxy) is 2. The molecule has 6 nitrogen and oxygen atoms in total. The molecule has 25 heavy (non-hydrogen) atoms. The van der Waals surface area contributed by atoms with Crippen LogP contribution in [0.15, 0.2) is 47.6 Å². The highest BCUT2D eigenvalue weighted by molar-refractivity contribution is 5.92. The Morgan fingerprint density at radius 1 is 1.20 bits per heavy atom. The van der Waals surface area contributed by atoms with E-state index in [2.05, 4.69) is 10.5 Å². The number of nitrogens with one attached hydrogen (secondary N) is 1. The van der Waals surface area contributed by atoms with E-state index in [9.17, 15) is 9.90 Å². The topological polar surface area (TPSA) is 80.2 Å². The molecule has 1 unspecified atom stereocenters. The van der Waals surface area contributed by atoms with Gasteiger partial charge in [-0.2, -0.15) is 0 Å². The smallest absolute Gasteiger partial charge is 0.428 e. The number of fused-ring (bicyclic) bond motifs is 1. The van der Waals surface area contributed by atoms with Crippen LogP contribution in [-0.2, 0) is 9.47 Å². The summed E-state index contributed by atoms with van der Waals surface area (Å²) in [5.74, 6) is 0.00436. The zero-order valence-electron chi connectivity index (χ0n) is 14.9. The van der Waals surface area contributed by atoms with Gasteiger partial charge >= 0.3 is 6.09 Å². The Balaban J connectivity index is 2.26. The minimum absolute atomic E-state index is 0.00436. The lowest BCUT2D eigenvalue weighted by atomic mass is 10.0. The highest BCUT2D eigenvalue weighted by atomic mass is 16.6. The van der Waals surface area contributed by atoms with Crippen molar-refractivity contribution < 1.29 is 19.4 Å². The van der Waals surface area contributed by atoms with E-state index in [1.807, 2.05) is 36.4 Å². The van der Waals surface area contributed by atoms with Gasteiger partial charge in [-0.3, -0.25) is 0 Å². The molecular formula is C19H24N2O4. The molecule has 2 N–H and O–H groups in total. The third-order valence-corrected chi connectivity index (χ3v) is 3.30. The van der Waals surface area contributed by atoms with E-state index in [1.54, 1.807) is 33.8 Å². The summed E-state index contributed by atoms with van der Waals surface area (Å²) in [7, 11) is 0. The third kappa shape index (κ3) is 5.19. The Morgan fingerprint density at radius 3 is 2.56 bits per heavy atom. The van der Waals surface area contributed by atoms with E-state index in [-0.39, 0.29) is 5.90 Å². The first kappa shape index (κ1) is 18.7. The van der Waals surface area contributed by atoms with E-state index in [0.29, 0.717) is 12.2 Å². The average molecular weight is 344 g/mol. The summed E-state index contributed by atoms with van der Waals surface area (Å²) in [6.45, 7) is 7.34. The number of aliphatic hydroxyl groups excluding tert-OH is 1. The fourth-order valence-corrected chi connectivity index (χ4v) is 2.34. The SMILES string of the molecule is CCO/C(=N/NC(=O)OC(C)(C)C)C(O)c1cccc2ccccc12. The summed E-state index contributed by atoms with van der Waals surface area (Å²) in [6.07, 6.45) is -1.82. The van der Waals surface area contributed by atoms with Gasteiger partial charge in [-0.25, -0.2) is 10.2 Å². The zero-order valence-corrected chi connectivity index (χ0v) is 14.9. The number of aliphatic hydroxyl groups is 1. The molecule has 0 fully saturated rings. The Labute approximate surface area is 147 Å². The van der Waals surface area contributed by atoms with Crippen molar-refractivity contribution in [1.82, 2.24) is 5.43 Å². The molecule has 0 aromatic heterocycles. The lowest BCUT2D eigenvalue weighted by Crippen LogP contribution is -2.31. The van der Waals surface area contributed by atoms with E-state index >= 15 is 0 Å². The van der Waals surface area contributed by atoms with Gasteiger partial charge < -0.3 is 14.6 Å². The quantitative estimate of drug-likeness (QED) is 0.503. The van der Waals surface area contributed by atoms with E-state index in [0.717, 1.165) is 10.8 Å². The van der Waals surface area contributed by atoms with Crippen molar-refractivity contribution in [2.75, 3.05) is 6.61 Å². The minimum atomic E-state index is -1.11. The minimum Gasteiger partial charge on any atom is -0.478 e. The number of carbonyl (C=O) groups excluding carboxylic acids is 1. The fraction of sp³-hybridized carbons (Fsp3) is 0.368. The van der Waals surface area contributed by atoms with Crippen LogP contribution in [0.25, 0.3) is 10.8 Å². The van der Waals surface area contributed by atoms with Crippen LogP contribution < -0.4 is 5.43 Å². The fourth-order valence-electron chi connectivity index (χ4n) is 2.34. The predicted molar refractivity (Wildman–Crippen MR) is 97.3 cm³/mol. The molecule has 0 heterocycles. The van der Waals surface area contributed by atoms with Crippen molar-refractivity contribution in [3.63, 3.8) is 0 Å².